The maximum Gasteiger partial charge on any atom is 0.243 e. The third kappa shape index (κ3) is 7.67. The van der Waals surface area contributed by atoms with E-state index >= 15 is 0 Å². The first kappa shape index (κ1) is 26.4. The number of hydrogen-bond donors (Lipinski definition) is 1. The summed E-state index contributed by atoms with van der Waals surface area (Å²) in [5, 5.41) is 3.82. The minimum absolute atomic E-state index is 0.0518. The van der Waals surface area contributed by atoms with E-state index in [0.717, 1.165) is 42.6 Å². The molecule has 0 aromatic heterocycles. The fourth-order valence-electron chi connectivity index (χ4n) is 4.33. The van der Waals surface area contributed by atoms with Crippen LogP contribution >= 0.6 is 23.4 Å². The van der Waals surface area contributed by atoms with Crippen molar-refractivity contribution in [1.29, 1.82) is 0 Å². The Morgan fingerprint density at radius 3 is 2.47 bits per heavy atom. The number of benzene rings is 2. The van der Waals surface area contributed by atoms with Gasteiger partial charge in [0.05, 0.1) is 12.9 Å². The number of ether oxygens (including phenoxy) is 1. The summed E-state index contributed by atoms with van der Waals surface area (Å²) in [6, 6.07) is 15.0. The zero-order chi connectivity index (χ0) is 24.3. The SMILES string of the molecule is CC[C@H](C(=O)NC1CCCCC1)N(Cc1ccccc1Cl)C(=O)CSCc1ccc(OC)cc1. The number of thioether (sulfide) groups is 1. The number of methoxy groups -OCH3 is 1. The third-order valence-electron chi connectivity index (χ3n) is 6.29. The molecule has 0 aliphatic heterocycles. The first-order chi connectivity index (χ1) is 16.5. The lowest BCUT2D eigenvalue weighted by atomic mass is 9.95. The Morgan fingerprint density at radius 1 is 1.12 bits per heavy atom. The normalized spacial score (nSPS) is 14.9. The van der Waals surface area contributed by atoms with Gasteiger partial charge in [-0.3, -0.25) is 9.59 Å². The van der Waals surface area contributed by atoms with Crippen LogP contribution in [0.1, 0.15) is 56.6 Å². The summed E-state index contributed by atoms with van der Waals surface area (Å²) >= 11 is 7.96. The Kier molecular flexibility index (Phi) is 10.6. The Morgan fingerprint density at radius 2 is 1.82 bits per heavy atom. The van der Waals surface area contributed by atoms with Crippen LogP contribution < -0.4 is 10.1 Å². The molecule has 0 saturated heterocycles. The number of carbonyl (C=O) groups is 2. The molecule has 0 unspecified atom stereocenters. The van der Waals surface area contributed by atoms with Crippen LogP contribution in [0, 0.1) is 0 Å². The number of amides is 2. The van der Waals surface area contributed by atoms with Crippen LogP contribution in [-0.4, -0.2) is 41.7 Å². The van der Waals surface area contributed by atoms with Crippen molar-refractivity contribution < 1.29 is 14.3 Å². The van der Waals surface area contributed by atoms with E-state index in [1.165, 1.54) is 6.42 Å². The van der Waals surface area contributed by atoms with Gasteiger partial charge >= 0.3 is 0 Å². The summed E-state index contributed by atoms with van der Waals surface area (Å²) in [6.45, 7) is 2.28. The summed E-state index contributed by atoms with van der Waals surface area (Å²) in [5.74, 6) is 1.70. The van der Waals surface area contributed by atoms with Crippen molar-refractivity contribution >= 4 is 35.2 Å². The van der Waals surface area contributed by atoms with Gasteiger partial charge in [-0.05, 0) is 48.6 Å². The van der Waals surface area contributed by atoms with Gasteiger partial charge in [-0.25, -0.2) is 0 Å². The fourth-order valence-corrected chi connectivity index (χ4v) is 5.40. The van der Waals surface area contributed by atoms with Crippen LogP contribution in [0.4, 0.5) is 0 Å². The molecule has 1 aliphatic rings. The van der Waals surface area contributed by atoms with Gasteiger partial charge in [0.1, 0.15) is 11.8 Å². The summed E-state index contributed by atoms with van der Waals surface area (Å²) < 4.78 is 5.21. The number of hydrogen-bond acceptors (Lipinski definition) is 4. The van der Waals surface area contributed by atoms with Crippen molar-refractivity contribution in [3.8, 4) is 5.75 Å². The summed E-state index contributed by atoms with van der Waals surface area (Å²) in [5.41, 5.74) is 1.97. The molecule has 5 nitrogen and oxygen atoms in total. The maximum absolute atomic E-state index is 13.4. The second kappa shape index (κ2) is 13.6. The molecular weight excluding hydrogens is 468 g/mol. The lowest BCUT2D eigenvalue weighted by Gasteiger charge is -2.33. The van der Waals surface area contributed by atoms with E-state index in [4.69, 9.17) is 16.3 Å². The van der Waals surface area contributed by atoms with Gasteiger partial charge in [0, 0.05) is 23.4 Å². The highest BCUT2D eigenvalue weighted by molar-refractivity contribution is 7.99. The topological polar surface area (TPSA) is 58.6 Å². The second-order valence-corrected chi connectivity index (χ2v) is 10.1. The van der Waals surface area contributed by atoms with Gasteiger partial charge < -0.3 is 15.0 Å². The molecule has 0 bridgehead atoms. The maximum atomic E-state index is 13.4. The number of halogens is 1. The van der Waals surface area contributed by atoms with Gasteiger partial charge in [-0.2, -0.15) is 0 Å². The highest BCUT2D eigenvalue weighted by Crippen LogP contribution is 2.23. The van der Waals surface area contributed by atoms with Crippen LogP contribution in [0.25, 0.3) is 0 Å². The predicted molar refractivity (Wildman–Crippen MR) is 140 cm³/mol. The highest BCUT2D eigenvalue weighted by Gasteiger charge is 2.30. The quantitative estimate of drug-likeness (QED) is 0.419. The Hall–Kier alpha value is -2.18. The lowest BCUT2D eigenvalue weighted by Crippen LogP contribution is -2.52. The Bertz CT molecular complexity index is 932. The molecule has 2 amide bonds. The van der Waals surface area contributed by atoms with Crippen LogP contribution in [0.5, 0.6) is 5.75 Å². The molecule has 1 fully saturated rings. The van der Waals surface area contributed by atoms with Crippen molar-refractivity contribution in [2.24, 2.45) is 0 Å². The molecule has 0 spiro atoms. The third-order valence-corrected chi connectivity index (χ3v) is 7.65. The largest absolute Gasteiger partial charge is 0.497 e. The first-order valence-electron chi connectivity index (χ1n) is 12.1. The van der Waals surface area contributed by atoms with Gasteiger partial charge in [-0.15, -0.1) is 11.8 Å². The van der Waals surface area contributed by atoms with E-state index in [1.54, 1.807) is 23.8 Å². The fraction of sp³-hybridized carbons (Fsp3) is 0.481. The number of nitrogens with zero attached hydrogens (tertiary/aromatic N) is 1. The average Bonchev–Trinajstić information content (AvgIpc) is 2.86. The molecule has 1 N–H and O–H groups in total. The van der Waals surface area contributed by atoms with Gasteiger partial charge in [0.25, 0.3) is 0 Å². The molecule has 1 atom stereocenters. The van der Waals surface area contributed by atoms with E-state index in [2.05, 4.69) is 5.32 Å². The van der Waals surface area contributed by atoms with Gasteiger partial charge in [-0.1, -0.05) is 68.1 Å². The molecule has 0 heterocycles. The van der Waals surface area contributed by atoms with Crippen LogP contribution in [0.2, 0.25) is 5.02 Å². The molecule has 1 saturated carbocycles. The Labute approximate surface area is 212 Å². The molecule has 34 heavy (non-hydrogen) atoms. The monoisotopic (exact) mass is 502 g/mol. The number of rotatable bonds is 11. The van der Waals surface area contributed by atoms with Crippen LogP contribution in [0.15, 0.2) is 48.5 Å². The van der Waals surface area contributed by atoms with Crippen molar-refractivity contribution in [3.63, 3.8) is 0 Å². The number of nitrogens with one attached hydrogen (secondary N) is 1. The van der Waals surface area contributed by atoms with Crippen molar-refractivity contribution in [3.05, 3.63) is 64.7 Å². The van der Waals surface area contributed by atoms with E-state index in [9.17, 15) is 9.59 Å². The second-order valence-electron chi connectivity index (χ2n) is 8.72. The van der Waals surface area contributed by atoms with Gasteiger partial charge in [0.15, 0.2) is 0 Å². The molecule has 184 valence electrons. The minimum atomic E-state index is -0.521. The summed E-state index contributed by atoms with van der Waals surface area (Å²) in [7, 11) is 1.64. The van der Waals surface area contributed by atoms with Crippen molar-refractivity contribution in [2.75, 3.05) is 12.9 Å². The van der Waals surface area contributed by atoms with Crippen LogP contribution in [0.3, 0.4) is 0 Å². The van der Waals surface area contributed by atoms with Crippen molar-refractivity contribution in [1.82, 2.24) is 10.2 Å². The average molecular weight is 503 g/mol. The molecule has 2 aromatic rings. The Balaban J connectivity index is 1.69. The van der Waals surface area contributed by atoms with Crippen molar-refractivity contribution in [2.45, 2.75) is 69.8 Å². The molecule has 2 aromatic carbocycles. The standard InChI is InChI=1S/C27H35ClN2O3S/c1-3-25(27(32)29-22-10-5-4-6-11-22)30(17-21-9-7-8-12-24(21)28)26(31)19-34-18-20-13-15-23(33-2)16-14-20/h7-9,12-16,22,25H,3-6,10-11,17-19H2,1-2H3,(H,29,32)/t25-/m1/s1. The molecule has 1 aliphatic carbocycles. The van der Waals surface area contributed by atoms with E-state index < -0.39 is 6.04 Å². The first-order valence-corrected chi connectivity index (χ1v) is 13.6. The van der Waals surface area contributed by atoms with Crippen LogP contribution in [-0.2, 0) is 21.9 Å². The number of carbonyl (C=O) groups excluding carboxylic acids is 2. The highest BCUT2D eigenvalue weighted by atomic mass is 35.5. The van der Waals surface area contributed by atoms with E-state index in [0.29, 0.717) is 29.5 Å². The predicted octanol–water partition coefficient (Wildman–Crippen LogP) is 5.84. The molecule has 3 rings (SSSR count). The van der Waals surface area contributed by atoms with E-state index in [1.807, 2.05) is 55.5 Å². The minimum Gasteiger partial charge on any atom is -0.497 e. The lowest BCUT2D eigenvalue weighted by molar-refractivity contribution is -0.139. The van der Waals surface area contributed by atoms with E-state index in [-0.39, 0.29) is 17.9 Å². The molecule has 7 heteroatoms. The zero-order valence-corrected chi connectivity index (χ0v) is 21.7. The molecule has 0 radical (unpaired) electrons. The van der Waals surface area contributed by atoms with Gasteiger partial charge in [0.2, 0.25) is 11.8 Å². The smallest absolute Gasteiger partial charge is 0.243 e. The molecular formula is C27H35ClN2O3S. The zero-order valence-electron chi connectivity index (χ0n) is 20.1. The summed E-state index contributed by atoms with van der Waals surface area (Å²) in [4.78, 5) is 28.4. The summed E-state index contributed by atoms with van der Waals surface area (Å²) in [6.07, 6.45) is 6.10.